The van der Waals surface area contributed by atoms with Crippen LogP contribution in [-0.4, -0.2) is 39.9 Å². The van der Waals surface area contributed by atoms with Crippen molar-refractivity contribution in [2.45, 2.75) is 26.4 Å². The highest BCUT2D eigenvalue weighted by molar-refractivity contribution is 6.10. The lowest BCUT2D eigenvalue weighted by molar-refractivity contribution is 0.305. The van der Waals surface area contributed by atoms with Crippen LogP contribution in [0, 0.1) is 0 Å². The molecule has 2 N–H and O–H groups in total. The molecule has 0 radical (unpaired) electrons. The molecule has 17 rings (SSSR count). The number of rotatable bonds is 20. The van der Waals surface area contributed by atoms with Crippen molar-refractivity contribution in [3.8, 4) is 115 Å². The maximum absolute atomic E-state index is 6.86. The summed E-state index contributed by atoms with van der Waals surface area (Å²) in [6, 6.07) is 93.5. The third kappa shape index (κ3) is 12.8. The quantitative estimate of drug-likeness (QED) is 0.0735. The third-order valence-electron chi connectivity index (χ3n) is 17.0. The van der Waals surface area contributed by atoms with Crippen LogP contribution in [0.2, 0.25) is 0 Å². The number of aromatic amines is 2. The second-order valence-electron chi connectivity index (χ2n) is 23.7. The van der Waals surface area contributed by atoms with Gasteiger partial charge in [0.2, 0.25) is 0 Å². The van der Waals surface area contributed by atoms with E-state index in [2.05, 4.69) is 9.97 Å². The van der Waals surface area contributed by atoms with Crippen LogP contribution in [-0.2, 0) is 26.4 Å². The molecule has 16 heteroatoms. The van der Waals surface area contributed by atoms with Crippen LogP contribution in [0.25, 0.3) is 89.7 Å². The molecule has 0 amide bonds. The summed E-state index contributed by atoms with van der Waals surface area (Å²) < 4.78 is 52.1. The number of H-pyrrole nitrogens is 2. The van der Waals surface area contributed by atoms with Gasteiger partial charge in [-0.25, -0.2) is 29.9 Å². The van der Waals surface area contributed by atoms with E-state index >= 15 is 0 Å². The first-order valence-electron chi connectivity index (χ1n) is 32.6. The minimum absolute atomic E-state index is 0.315. The zero-order valence-corrected chi connectivity index (χ0v) is 53.5. The molecule has 15 aromatic rings. The molecule has 16 nitrogen and oxygen atoms in total. The maximum atomic E-state index is 6.86. The fourth-order valence-electron chi connectivity index (χ4n) is 12.1. The average Bonchev–Trinajstić information content (AvgIpc) is 1.59. The molecular formula is C84H58N8O8. The van der Waals surface area contributed by atoms with E-state index in [9.17, 15) is 0 Å². The van der Waals surface area contributed by atoms with Crippen LogP contribution in [0.3, 0.4) is 0 Å². The highest BCUT2D eigenvalue weighted by Gasteiger charge is 2.28. The van der Waals surface area contributed by atoms with E-state index in [-0.39, 0.29) is 0 Å². The van der Waals surface area contributed by atoms with E-state index in [4.69, 9.17) is 67.8 Å². The monoisotopic (exact) mass is 1310 g/mol. The Morgan fingerprint density at radius 1 is 0.220 bits per heavy atom. The Hall–Kier alpha value is -13.6. The Morgan fingerprint density at radius 3 is 0.810 bits per heavy atom. The first kappa shape index (κ1) is 60.1. The molecule has 0 unspecified atom stereocenters. The van der Waals surface area contributed by atoms with E-state index in [1.165, 1.54) is 0 Å². The van der Waals surface area contributed by atoms with Gasteiger partial charge in [-0.3, -0.25) is 0 Å². The Balaban J connectivity index is 0.831. The Morgan fingerprint density at radius 2 is 0.490 bits per heavy atom. The van der Waals surface area contributed by atoms with Crippen LogP contribution in [0.5, 0.6) is 69.0 Å². The van der Waals surface area contributed by atoms with Gasteiger partial charge >= 0.3 is 0 Å². The summed E-state index contributed by atoms with van der Waals surface area (Å²) in [5, 5.41) is 2.61. The molecule has 0 saturated carbocycles. The highest BCUT2D eigenvalue weighted by Crippen LogP contribution is 2.47. The van der Waals surface area contributed by atoms with Gasteiger partial charge in [0, 0.05) is 21.9 Å². The number of benzene rings is 12. The van der Waals surface area contributed by atoms with Crippen molar-refractivity contribution in [2.24, 2.45) is 0 Å². The van der Waals surface area contributed by atoms with Crippen molar-refractivity contribution in [2.75, 3.05) is 0 Å². The number of fused-ring (bicyclic) bond motifs is 20. The molecule has 2 aliphatic heterocycles. The van der Waals surface area contributed by atoms with Crippen molar-refractivity contribution in [1.82, 2.24) is 39.9 Å². The van der Waals surface area contributed by atoms with E-state index in [0.717, 1.165) is 22.3 Å². The normalized spacial score (nSPS) is 11.4. The first-order chi connectivity index (χ1) is 49.5. The van der Waals surface area contributed by atoms with Gasteiger partial charge in [0.25, 0.3) is 0 Å². The summed E-state index contributed by atoms with van der Waals surface area (Å²) in [6.45, 7) is 1.67. The van der Waals surface area contributed by atoms with Gasteiger partial charge in [-0.2, -0.15) is 0 Å². The molecule has 482 valence electrons. The predicted molar refractivity (Wildman–Crippen MR) is 385 cm³/mol. The average molecular weight is 1310 g/mol. The number of nitrogens with one attached hydrogen (secondary N) is 2. The van der Waals surface area contributed by atoms with Crippen molar-refractivity contribution in [3.63, 3.8) is 0 Å². The van der Waals surface area contributed by atoms with Crippen molar-refractivity contribution >= 4 is 44.1 Å². The van der Waals surface area contributed by atoms with Gasteiger partial charge in [-0.1, -0.05) is 170 Å². The lowest BCUT2D eigenvalue weighted by Gasteiger charge is -2.11. The second kappa shape index (κ2) is 26.9. The second-order valence-corrected chi connectivity index (χ2v) is 23.7. The zero-order valence-electron chi connectivity index (χ0n) is 53.5. The number of ether oxygens (including phenoxy) is 8. The van der Waals surface area contributed by atoms with Crippen molar-refractivity contribution < 1.29 is 37.9 Å². The van der Waals surface area contributed by atoms with Gasteiger partial charge in [-0.05, 0) is 144 Å². The third-order valence-corrected chi connectivity index (χ3v) is 17.0. The van der Waals surface area contributed by atoms with Crippen LogP contribution in [0.1, 0.15) is 22.3 Å². The molecule has 12 aromatic carbocycles. The predicted octanol–water partition coefficient (Wildman–Crippen LogP) is 20.4. The van der Waals surface area contributed by atoms with Gasteiger partial charge in [-0.15, -0.1) is 0 Å². The lowest BCUT2D eigenvalue weighted by atomic mass is 10.1. The summed E-state index contributed by atoms with van der Waals surface area (Å²) >= 11 is 0. The lowest BCUT2D eigenvalue weighted by Crippen LogP contribution is -1.95. The van der Waals surface area contributed by atoms with Crippen LogP contribution in [0.15, 0.2) is 291 Å². The van der Waals surface area contributed by atoms with Gasteiger partial charge < -0.3 is 47.9 Å². The molecule has 5 heterocycles. The molecule has 100 heavy (non-hydrogen) atoms. The molecule has 0 fully saturated rings. The zero-order chi connectivity index (χ0) is 66.6. The fourth-order valence-corrected chi connectivity index (χ4v) is 12.1. The SMILES string of the molecule is c1ccc(COc2ccc(Oc3cccc4c3-c3nc-4nc4[nH]c(nc5nc(nc6[nH]c(n3)c3cccc(Oc7ccc(OCc8ccccc8)cc7)c63)-c3cccc(Oc6ccc(OCc7ccccc7)cc6)c3-5)c3cccc(Oc5ccc(OCc6ccccc6)cc5)c43)cc2)cc1. The molecule has 0 aliphatic carbocycles. The Bertz CT molecular complexity index is 5300. The summed E-state index contributed by atoms with van der Waals surface area (Å²) in [6.07, 6.45) is 0. The van der Waals surface area contributed by atoms with Crippen molar-refractivity contribution in [3.05, 3.63) is 313 Å². The molecular weight excluding hydrogens is 1250 g/mol. The fraction of sp³-hybridized carbons (Fsp3) is 0.0476. The summed E-state index contributed by atoms with van der Waals surface area (Å²) in [5.41, 5.74) is 8.40. The molecule has 0 spiro atoms. The van der Waals surface area contributed by atoms with Crippen LogP contribution >= 0.6 is 0 Å². The van der Waals surface area contributed by atoms with Crippen LogP contribution < -0.4 is 37.9 Å². The topological polar surface area (TPSA) is 183 Å². The smallest absolute Gasteiger partial charge is 0.168 e. The Kier molecular flexibility index (Phi) is 16.2. The number of hydrogen-bond acceptors (Lipinski definition) is 14. The van der Waals surface area contributed by atoms with E-state index in [1.807, 2.05) is 291 Å². The van der Waals surface area contributed by atoms with E-state index < -0.39 is 0 Å². The number of nitrogens with zero attached hydrogens (tertiary/aromatic N) is 6. The molecule has 2 aliphatic rings. The number of hydrogen-bond donors (Lipinski definition) is 2. The maximum Gasteiger partial charge on any atom is 0.168 e. The Labute approximate surface area is 573 Å². The molecule has 3 aromatic heterocycles. The summed E-state index contributed by atoms with van der Waals surface area (Å²) in [4.78, 5) is 39.7. The van der Waals surface area contributed by atoms with E-state index in [1.54, 1.807) is 0 Å². The summed E-state index contributed by atoms with van der Waals surface area (Å²) in [7, 11) is 0. The molecule has 0 atom stereocenters. The summed E-state index contributed by atoms with van der Waals surface area (Å²) in [5.74, 6) is 8.32. The van der Waals surface area contributed by atoms with Gasteiger partial charge in [0.05, 0.1) is 21.9 Å². The highest BCUT2D eigenvalue weighted by atomic mass is 16.5. The van der Waals surface area contributed by atoms with Gasteiger partial charge in [0.15, 0.2) is 23.3 Å². The first-order valence-corrected chi connectivity index (χ1v) is 32.6. The largest absolute Gasteiger partial charge is 0.489 e. The van der Waals surface area contributed by atoms with Crippen molar-refractivity contribution in [1.29, 1.82) is 0 Å². The van der Waals surface area contributed by atoms with E-state index in [0.29, 0.717) is 185 Å². The standard InChI is InChI=1S/C84H58N8O8/c1-5-17-53(18-6-1)49-93-57-33-41-61(42-34-57)97-69-29-13-25-65-73(69)81-85-77(65)90-82-75-67(27-15-31-71(75)99-63-45-37-59(38-46-63)95-51-55-21-9-3-10-22-55)79(87-82)92-84-76-68(28-16-32-72(76)100-64-47-39-60(40-48-64)96-52-56-23-11-4-12-24-56)80(88-84)91-83-74-66(78(86-83)89-81)26-14-30-70(74)98-62-43-35-58(36-44-62)94-50-54-19-7-2-8-20-54/h1-48H,49-52H2,(H2,85,86,87,88,89,90,91,92). The minimum atomic E-state index is 0.315. The molecule has 8 bridgehead atoms. The van der Waals surface area contributed by atoms with Crippen LogP contribution in [0.4, 0.5) is 0 Å². The molecule has 0 saturated heterocycles. The number of aromatic nitrogens is 8. The van der Waals surface area contributed by atoms with Gasteiger partial charge in [0.1, 0.15) is 118 Å². The minimum Gasteiger partial charge on any atom is -0.489 e.